The number of rotatable bonds is 6. The predicted molar refractivity (Wildman–Crippen MR) is 146 cm³/mol. The summed E-state index contributed by atoms with van der Waals surface area (Å²) >= 11 is 8.83. The zero-order valence-corrected chi connectivity index (χ0v) is 22.6. The fraction of sp³-hybridized carbons (Fsp3) is 0.346. The number of aromatic nitrogens is 2. The lowest BCUT2D eigenvalue weighted by Crippen LogP contribution is -2.41. The quantitative estimate of drug-likeness (QED) is 0.327. The molecule has 0 aliphatic carbocycles. The van der Waals surface area contributed by atoms with Gasteiger partial charge in [-0.05, 0) is 67.8 Å². The summed E-state index contributed by atoms with van der Waals surface area (Å²) < 4.78 is 22.2. The highest BCUT2D eigenvalue weighted by Gasteiger charge is 2.41. The van der Waals surface area contributed by atoms with Crippen LogP contribution in [0.4, 0.5) is 20.7 Å². The lowest BCUT2D eigenvalue weighted by molar-refractivity contribution is 0.0976. The van der Waals surface area contributed by atoms with Gasteiger partial charge in [0.2, 0.25) is 0 Å². The Bertz CT molecular complexity index is 1260. The second kappa shape index (κ2) is 11.5. The van der Waals surface area contributed by atoms with Crippen LogP contribution in [0.3, 0.4) is 0 Å². The number of hydrogen-bond donors (Lipinski definition) is 2. The minimum atomic E-state index is -0.511. The maximum atomic E-state index is 13.8. The average Bonchev–Trinajstić information content (AvgIpc) is 3.26. The van der Waals surface area contributed by atoms with Crippen LogP contribution in [-0.2, 0) is 4.74 Å². The Hall–Kier alpha value is -2.53. The molecule has 0 saturated carbocycles. The molecule has 2 N–H and O–H groups in total. The largest absolute Gasteiger partial charge is 0.378 e. The molecule has 2 fully saturated rings. The van der Waals surface area contributed by atoms with Crippen molar-refractivity contribution in [2.75, 3.05) is 29.9 Å². The summed E-state index contributed by atoms with van der Waals surface area (Å²) in [5, 5.41) is 3.80. The van der Waals surface area contributed by atoms with E-state index in [4.69, 9.17) is 16.3 Å². The molecular weight excluding hydrogens is 533 g/mol. The number of carbonyl (C=O) groups is 1. The molecule has 37 heavy (non-hydrogen) atoms. The Balaban J connectivity index is 1.17. The topological polar surface area (TPSA) is 79.4 Å². The lowest BCUT2D eigenvalue weighted by Gasteiger charge is -2.38. The molecule has 0 radical (unpaired) electrons. The molecule has 0 bridgehead atoms. The maximum absolute atomic E-state index is 13.8. The van der Waals surface area contributed by atoms with E-state index in [9.17, 15) is 9.18 Å². The van der Waals surface area contributed by atoms with Gasteiger partial charge < -0.3 is 15.0 Å². The van der Waals surface area contributed by atoms with E-state index in [1.807, 2.05) is 6.07 Å². The molecule has 1 aromatic heterocycles. The molecule has 2 aromatic carbocycles. The highest BCUT2D eigenvalue weighted by atomic mass is 35.5. The van der Waals surface area contributed by atoms with Crippen LogP contribution in [0.2, 0.25) is 5.02 Å². The first kappa shape index (κ1) is 26.1. The first-order chi connectivity index (χ1) is 17.9. The molecule has 7 nitrogen and oxygen atoms in total. The van der Waals surface area contributed by atoms with Crippen LogP contribution in [0, 0.1) is 11.2 Å². The minimum Gasteiger partial charge on any atom is -0.378 e. The molecule has 1 spiro atoms. The van der Waals surface area contributed by atoms with Crippen LogP contribution in [0.5, 0.6) is 0 Å². The van der Waals surface area contributed by atoms with Gasteiger partial charge in [0.15, 0.2) is 0 Å². The molecule has 2 amide bonds. The maximum Gasteiger partial charge on any atom is 0.329 e. The van der Waals surface area contributed by atoms with E-state index in [-0.39, 0.29) is 0 Å². The molecule has 2 aliphatic heterocycles. The van der Waals surface area contributed by atoms with Crippen molar-refractivity contribution < 1.29 is 13.9 Å². The summed E-state index contributed by atoms with van der Waals surface area (Å²) in [7, 11) is 0. The SMILES string of the molecule is C[C@H]1CC2(CCN(c3cnc(Sc4cccc(NC(=O)NSc5ccccc5F)c4Cl)cn3)CC2)CO1. The highest BCUT2D eigenvalue weighted by molar-refractivity contribution is 7.99. The van der Waals surface area contributed by atoms with E-state index < -0.39 is 11.8 Å². The monoisotopic (exact) mass is 559 g/mol. The first-order valence-corrected chi connectivity index (χ1v) is 14.1. The summed E-state index contributed by atoms with van der Waals surface area (Å²) in [6.07, 6.45) is 7.27. The van der Waals surface area contributed by atoms with Crippen LogP contribution in [-0.4, -0.2) is 41.8 Å². The Kier molecular flexibility index (Phi) is 8.09. The molecule has 5 rings (SSSR count). The van der Waals surface area contributed by atoms with Crippen LogP contribution in [0.25, 0.3) is 0 Å². The molecule has 2 saturated heterocycles. The normalized spacial score (nSPS) is 18.7. The molecule has 0 unspecified atom stereocenters. The van der Waals surface area contributed by atoms with Gasteiger partial charge in [0, 0.05) is 18.0 Å². The van der Waals surface area contributed by atoms with Gasteiger partial charge in [0.25, 0.3) is 0 Å². The summed E-state index contributed by atoms with van der Waals surface area (Å²) in [5.74, 6) is 0.468. The number of nitrogens with zero attached hydrogens (tertiary/aromatic N) is 3. The molecule has 3 aromatic rings. The zero-order valence-electron chi connectivity index (χ0n) is 20.2. The number of piperidine rings is 1. The molecule has 194 valence electrons. The number of carbonyl (C=O) groups excluding carboxylic acids is 1. The van der Waals surface area contributed by atoms with Crippen LogP contribution in [0.1, 0.15) is 26.2 Å². The number of nitrogens with one attached hydrogen (secondary N) is 2. The first-order valence-electron chi connectivity index (χ1n) is 12.0. The third-order valence-electron chi connectivity index (χ3n) is 6.67. The van der Waals surface area contributed by atoms with Crippen molar-refractivity contribution in [2.24, 2.45) is 5.41 Å². The second-order valence-corrected chi connectivity index (χ2v) is 11.6. The lowest BCUT2D eigenvalue weighted by atomic mass is 9.77. The summed E-state index contributed by atoms with van der Waals surface area (Å²) in [4.78, 5) is 24.9. The average molecular weight is 560 g/mol. The number of halogens is 2. The summed E-state index contributed by atoms with van der Waals surface area (Å²) in [6.45, 7) is 4.93. The molecule has 1 atom stereocenters. The van der Waals surface area contributed by atoms with Crippen LogP contribution < -0.4 is 14.9 Å². The smallest absolute Gasteiger partial charge is 0.329 e. The van der Waals surface area contributed by atoms with E-state index in [1.165, 1.54) is 17.8 Å². The highest BCUT2D eigenvalue weighted by Crippen LogP contribution is 2.42. The molecular formula is C26H27ClFN5O2S2. The van der Waals surface area contributed by atoms with E-state index in [2.05, 4.69) is 31.8 Å². The Labute approximate surface area is 229 Å². The molecule has 3 heterocycles. The third-order valence-corrected chi connectivity index (χ3v) is 9.01. The van der Waals surface area contributed by atoms with Crippen LogP contribution in [0.15, 0.2) is 69.7 Å². The van der Waals surface area contributed by atoms with E-state index in [0.717, 1.165) is 61.6 Å². The number of benzene rings is 2. The molecule has 2 aliphatic rings. The minimum absolute atomic E-state index is 0.321. The van der Waals surface area contributed by atoms with E-state index >= 15 is 0 Å². The fourth-order valence-corrected chi connectivity index (χ4v) is 6.34. The van der Waals surface area contributed by atoms with Gasteiger partial charge in [-0.15, -0.1) is 0 Å². The van der Waals surface area contributed by atoms with Crippen LogP contribution >= 0.6 is 35.3 Å². The summed E-state index contributed by atoms with van der Waals surface area (Å²) in [5.41, 5.74) is 0.762. The Morgan fingerprint density at radius 2 is 1.92 bits per heavy atom. The van der Waals surface area contributed by atoms with Crippen molar-refractivity contribution >= 4 is 52.8 Å². The van der Waals surface area contributed by atoms with Gasteiger partial charge in [-0.25, -0.2) is 19.2 Å². The number of anilines is 2. The van der Waals surface area contributed by atoms with Crippen molar-refractivity contribution in [1.29, 1.82) is 0 Å². The standard InChI is InChI=1S/C26H27ClFN5O2S2/c1-17-13-26(16-35-17)9-11-33(12-10-26)22-14-30-23(15-29-22)36-21-8-4-6-19(24(21)27)31-25(34)32-37-20-7-3-2-5-18(20)28/h2-8,14-15,17H,9-13,16H2,1H3,(H2,31,32,34)/t17-/m0/s1. The second-order valence-electron chi connectivity index (χ2n) is 9.33. The Morgan fingerprint density at radius 3 is 2.62 bits per heavy atom. The Morgan fingerprint density at radius 1 is 1.14 bits per heavy atom. The van der Waals surface area contributed by atoms with E-state index in [1.54, 1.807) is 42.7 Å². The zero-order chi connectivity index (χ0) is 25.8. The van der Waals surface area contributed by atoms with Crippen molar-refractivity contribution in [3.63, 3.8) is 0 Å². The summed E-state index contributed by atoms with van der Waals surface area (Å²) in [6, 6.07) is 11.1. The van der Waals surface area contributed by atoms with Gasteiger partial charge in [-0.3, -0.25) is 4.72 Å². The number of urea groups is 1. The molecule has 11 heteroatoms. The van der Waals surface area contributed by atoms with Crippen molar-refractivity contribution in [3.8, 4) is 0 Å². The fourth-order valence-electron chi connectivity index (χ4n) is 4.71. The van der Waals surface area contributed by atoms with Crippen molar-refractivity contribution in [1.82, 2.24) is 14.7 Å². The third kappa shape index (κ3) is 6.31. The van der Waals surface area contributed by atoms with Gasteiger partial charge in [0.1, 0.15) is 16.7 Å². The van der Waals surface area contributed by atoms with Gasteiger partial charge in [-0.1, -0.05) is 41.6 Å². The predicted octanol–water partition coefficient (Wildman–Crippen LogP) is 6.64. The van der Waals surface area contributed by atoms with Gasteiger partial charge >= 0.3 is 6.03 Å². The van der Waals surface area contributed by atoms with Crippen molar-refractivity contribution in [3.05, 3.63) is 65.7 Å². The van der Waals surface area contributed by atoms with E-state index in [0.29, 0.717) is 32.2 Å². The van der Waals surface area contributed by atoms with Gasteiger partial charge in [-0.2, -0.15) is 0 Å². The number of hydrogen-bond acceptors (Lipinski definition) is 7. The number of ether oxygens (including phenoxy) is 1. The number of amides is 2. The van der Waals surface area contributed by atoms with Crippen molar-refractivity contribution in [2.45, 2.75) is 47.1 Å². The van der Waals surface area contributed by atoms with Gasteiger partial charge in [0.05, 0.1) is 40.7 Å².